The first-order valence-corrected chi connectivity index (χ1v) is 13.7. The summed E-state index contributed by atoms with van der Waals surface area (Å²) in [5.41, 5.74) is 1.20. The van der Waals surface area contributed by atoms with E-state index in [9.17, 15) is 14.4 Å². The van der Waals surface area contributed by atoms with E-state index in [2.05, 4.69) is 5.32 Å². The van der Waals surface area contributed by atoms with Crippen LogP contribution in [-0.4, -0.2) is 43.5 Å². The lowest BCUT2D eigenvalue weighted by Gasteiger charge is -2.38. The normalized spacial score (nSPS) is 25.0. The number of rotatable bonds is 4. The zero-order valence-electron chi connectivity index (χ0n) is 23.3. The lowest BCUT2D eigenvalue weighted by Crippen LogP contribution is -2.51. The van der Waals surface area contributed by atoms with Crippen molar-refractivity contribution in [1.29, 1.82) is 0 Å². The molecule has 41 heavy (non-hydrogen) atoms. The molecule has 1 saturated heterocycles. The minimum atomic E-state index is -1.36. The third kappa shape index (κ3) is 3.43. The molecule has 0 saturated carbocycles. The monoisotopic (exact) mass is 550 g/mol. The molecule has 8 heteroatoms. The van der Waals surface area contributed by atoms with Crippen molar-refractivity contribution in [2.24, 2.45) is 11.3 Å². The molecule has 1 fully saturated rings. The molecule has 0 bridgehead atoms. The molecule has 4 aliphatic rings. The van der Waals surface area contributed by atoms with E-state index in [0.29, 0.717) is 34.1 Å². The van der Waals surface area contributed by atoms with E-state index in [4.69, 9.17) is 14.2 Å². The first-order valence-electron chi connectivity index (χ1n) is 13.7. The van der Waals surface area contributed by atoms with Crippen molar-refractivity contribution < 1.29 is 28.6 Å². The fourth-order valence-electron chi connectivity index (χ4n) is 6.96. The number of hydrogen-bond donors (Lipinski definition) is 1. The van der Waals surface area contributed by atoms with Gasteiger partial charge in [-0.2, -0.15) is 0 Å². The third-order valence-electron chi connectivity index (χ3n) is 8.79. The van der Waals surface area contributed by atoms with Gasteiger partial charge < -0.3 is 24.4 Å². The summed E-state index contributed by atoms with van der Waals surface area (Å²) in [4.78, 5) is 45.8. The van der Waals surface area contributed by atoms with Crippen molar-refractivity contribution in [1.82, 2.24) is 0 Å². The summed E-state index contributed by atoms with van der Waals surface area (Å²) in [6.07, 6.45) is 3.92. The Hall–Kier alpha value is -4.59. The van der Waals surface area contributed by atoms with Crippen molar-refractivity contribution in [3.8, 4) is 17.2 Å². The van der Waals surface area contributed by atoms with Crippen LogP contribution < -0.4 is 24.4 Å². The Morgan fingerprint density at radius 2 is 1.80 bits per heavy atom. The second-order valence-electron chi connectivity index (χ2n) is 12.0. The van der Waals surface area contributed by atoms with Crippen LogP contribution in [0.15, 0.2) is 66.7 Å². The summed E-state index contributed by atoms with van der Waals surface area (Å²) < 4.78 is 16.5. The molecule has 4 heterocycles. The van der Waals surface area contributed by atoms with Gasteiger partial charge in [0.25, 0.3) is 0 Å². The highest BCUT2D eigenvalue weighted by Gasteiger charge is 2.70. The van der Waals surface area contributed by atoms with Crippen LogP contribution in [0.3, 0.4) is 0 Å². The molecule has 208 valence electrons. The van der Waals surface area contributed by atoms with E-state index >= 15 is 0 Å². The van der Waals surface area contributed by atoms with Crippen LogP contribution in [0.4, 0.5) is 11.4 Å². The van der Waals surface area contributed by atoms with E-state index in [1.807, 2.05) is 80.3 Å². The first-order chi connectivity index (χ1) is 19.7. The van der Waals surface area contributed by atoms with Crippen molar-refractivity contribution >= 4 is 34.9 Å². The topological polar surface area (TPSA) is 94.2 Å². The molecule has 0 aromatic heterocycles. The van der Waals surface area contributed by atoms with Gasteiger partial charge in [-0.1, -0.05) is 51.1 Å². The second-order valence-corrected chi connectivity index (χ2v) is 12.0. The largest absolute Gasteiger partial charge is 0.497 e. The average Bonchev–Trinajstić information content (AvgIpc) is 3.64. The van der Waals surface area contributed by atoms with Gasteiger partial charge in [-0.05, 0) is 48.0 Å². The van der Waals surface area contributed by atoms with Gasteiger partial charge in [0, 0.05) is 27.9 Å². The predicted molar refractivity (Wildman–Crippen MR) is 154 cm³/mol. The Balaban J connectivity index is 1.51. The van der Waals surface area contributed by atoms with E-state index in [1.54, 1.807) is 25.3 Å². The molecule has 4 atom stereocenters. The molecule has 8 nitrogen and oxygen atoms in total. The number of Topliss-reactive ketones (excluding diaryl/α,β-unsaturated/α-hetero) is 2. The minimum Gasteiger partial charge on any atom is -0.497 e. The zero-order chi connectivity index (χ0) is 28.7. The van der Waals surface area contributed by atoms with Crippen molar-refractivity contribution in [3.05, 3.63) is 83.4 Å². The number of ether oxygens (including phenoxy) is 3. The highest BCUT2D eigenvalue weighted by atomic mass is 16.7. The number of ketones is 2. The summed E-state index contributed by atoms with van der Waals surface area (Å²) >= 11 is 0. The van der Waals surface area contributed by atoms with Gasteiger partial charge in [0.15, 0.2) is 23.1 Å². The standard InChI is InChI=1S/C33H30N2O6/c1-32(2,3)30(37)28-27(29(36)19-9-13-24-25(16-19)41-17-40-24)33(21-7-5-6-8-22(21)34-31(33)38)26-14-10-18-15-20(39-4)11-12-23(18)35(26)28/h5-16,26-28H,17H2,1-4H3,(H,34,38)/t26-,27-,28-,33-/m0/s1. The van der Waals surface area contributed by atoms with Crippen LogP contribution in [0, 0.1) is 11.3 Å². The second kappa shape index (κ2) is 8.70. The maximum atomic E-state index is 14.9. The Bertz CT molecular complexity index is 1670. The number of nitrogens with zero attached hydrogens (tertiary/aromatic N) is 1. The fraction of sp³-hybridized carbons (Fsp3) is 0.303. The molecule has 1 N–H and O–H groups in total. The number of benzene rings is 3. The number of anilines is 2. The van der Waals surface area contributed by atoms with Gasteiger partial charge in [-0.3, -0.25) is 14.4 Å². The number of amides is 1. The molecule has 0 aliphatic carbocycles. The number of nitrogens with one attached hydrogen (secondary N) is 1. The predicted octanol–water partition coefficient (Wildman–Crippen LogP) is 5.01. The van der Waals surface area contributed by atoms with Crippen LogP contribution in [0.2, 0.25) is 0 Å². The van der Waals surface area contributed by atoms with E-state index in [-0.39, 0.29) is 24.3 Å². The molecule has 4 aliphatic heterocycles. The van der Waals surface area contributed by atoms with Gasteiger partial charge in [0.2, 0.25) is 12.7 Å². The Labute approximate surface area is 237 Å². The van der Waals surface area contributed by atoms with Crippen LogP contribution in [0.5, 0.6) is 17.2 Å². The van der Waals surface area contributed by atoms with E-state index in [1.165, 1.54) is 0 Å². The third-order valence-corrected chi connectivity index (χ3v) is 8.79. The quantitative estimate of drug-likeness (QED) is 0.457. The van der Waals surface area contributed by atoms with Gasteiger partial charge in [-0.25, -0.2) is 0 Å². The van der Waals surface area contributed by atoms with Gasteiger partial charge in [0.1, 0.15) is 17.2 Å². The molecular formula is C33H30N2O6. The molecule has 3 aromatic carbocycles. The van der Waals surface area contributed by atoms with Crippen molar-refractivity contribution in [3.63, 3.8) is 0 Å². The number of methoxy groups -OCH3 is 1. The average molecular weight is 551 g/mol. The molecule has 7 rings (SSSR count). The molecular weight excluding hydrogens is 520 g/mol. The van der Waals surface area contributed by atoms with Crippen LogP contribution in [-0.2, 0) is 15.0 Å². The number of fused-ring (bicyclic) bond motifs is 7. The van der Waals surface area contributed by atoms with Gasteiger partial charge in [0.05, 0.1) is 19.1 Å². The number of carbonyl (C=O) groups excluding carboxylic acids is 3. The summed E-state index contributed by atoms with van der Waals surface area (Å²) in [7, 11) is 1.60. The Morgan fingerprint density at radius 1 is 1.02 bits per heavy atom. The molecule has 0 radical (unpaired) electrons. The van der Waals surface area contributed by atoms with Gasteiger partial charge in [-0.15, -0.1) is 0 Å². The van der Waals surface area contributed by atoms with Crippen LogP contribution >= 0.6 is 0 Å². The first kappa shape index (κ1) is 25.4. The van der Waals surface area contributed by atoms with E-state index < -0.39 is 28.8 Å². The molecule has 3 aromatic rings. The fourth-order valence-corrected chi connectivity index (χ4v) is 6.96. The molecule has 0 unspecified atom stereocenters. The zero-order valence-corrected chi connectivity index (χ0v) is 23.3. The summed E-state index contributed by atoms with van der Waals surface area (Å²) in [5, 5.41) is 3.05. The number of carbonyl (C=O) groups is 3. The Morgan fingerprint density at radius 3 is 2.59 bits per heavy atom. The number of hydrogen-bond acceptors (Lipinski definition) is 7. The highest BCUT2D eigenvalue weighted by molar-refractivity contribution is 6.17. The maximum Gasteiger partial charge on any atom is 0.238 e. The highest BCUT2D eigenvalue weighted by Crippen LogP contribution is 2.58. The SMILES string of the molecule is COc1ccc2c(c1)C=C[C@@H]1N2[C@H](C(=O)C(C)(C)C)[C@@H](C(=O)c2ccc3c(c2)OCO3)[C@@]12C(=O)Nc1ccccc12. The molecule has 1 amide bonds. The Kier molecular flexibility index (Phi) is 5.39. The van der Waals surface area contributed by atoms with E-state index in [0.717, 1.165) is 11.3 Å². The minimum absolute atomic E-state index is 0.0716. The molecule has 1 spiro atoms. The maximum absolute atomic E-state index is 14.9. The van der Waals surface area contributed by atoms with Gasteiger partial charge >= 0.3 is 0 Å². The van der Waals surface area contributed by atoms with Crippen molar-refractivity contribution in [2.75, 3.05) is 24.1 Å². The number of para-hydroxylation sites is 1. The van der Waals surface area contributed by atoms with Crippen LogP contribution in [0.25, 0.3) is 6.08 Å². The lowest BCUT2D eigenvalue weighted by atomic mass is 9.63. The summed E-state index contributed by atoms with van der Waals surface area (Å²) in [6, 6.07) is 16.7. The lowest BCUT2D eigenvalue weighted by molar-refractivity contribution is -0.128. The summed E-state index contributed by atoms with van der Waals surface area (Å²) in [6.45, 7) is 5.64. The smallest absolute Gasteiger partial charge is 0.238 e. The van der Waals surface area contributed by atoms with Crippen molar-refractivity contribution in [2.45, 2.75) is 38.3 Å². The summed E-state index contributed by atoms with van der Waals surface area (Å²) in [5.74, 6) is -0.0376. The van der Waals surface area contributed by atoms with Crippen LogP contribution in [0.1, 0.15) is 42.3 Å².